The van der Waals surface area contributed by atoms with Crippen molar-refractivity contribution in [1.29, 1.82) is 0 Å². The molecule has 5 nitrogen and oxygen atoms in total. The van der Waals surface area contributed by atoms with Crippen LogP contribution in [0.15, 0.2) is 35.3 Å². The van der Waals surface area contributed by atoms with Gasteiger partial charge in [-0.25, -0.2) is 0 Å². The highest BCUT2D eigenvalue weighted by atomic mass is 127. The van der Waals surface area contributed by atoms with Gasteiger partial charge in [0.15, 0.2) is 5.96 Å². The van der Waals surface area contributed by atoms with E-state index in [-0.39, 0.29) is 24.0 Å². The maximum absolute atomic E-state index is 4.43. The Hall–Kier alpha value is -0.510. The van der Waals surface area contributed by atoms with Gasteiger partial charge in [-0.05, 0) is 44.6 Å². The molecule has 1 saturated heterocycles. The third kappa shape index (κ3) is 7.60. The lowest BCUT2D eigenvalue weighted by Crippen LogP contribution is -2.48. The second kappa shape index (κ2) is 13.0. The van der Waals surface area contributed by atoms with E-state index in [1.165, 1.54) is 24.8 Å². The smallest absolute Gasteiger partial charge is 0.191 e. The summed E-state index contributed by atoms with van der Waals surface area (Å²) in [5.74, 6) is 0.963. The van der Waals surface area contributed by atoms with Gasteiger partial charge in [0, 0.05) is 57.1 Å². The molecule has 29 heavy (non-hydrogen) atoms. The minimum absolute atomic E-state index is 0. The minimum Gasteiger partial charge on any atom is -0.356 e. The Morgan fingerprint density at radius 3 is 2.69 bits per heavy atom. The Kier molecular flexibility index (Phi) is 11.1. The van der Waals surface area contributed by atoms with E-state index in [1.807, 2.05) is 18.8 Å². The number of benzene rings is 1. The SMILES string of the molecule is CN=C(NCCCN1CCN(C)CC1c1ccccc1)NC1CCC(SC)C1.I. The summed E-state index contributed by atoms with van der Waals surface area (Å²) in [6, 6.07) is 12.0. The van der Waals surface area contributed by atoms with Gasteiger partial charge in [-0.15, -0.1) is 24.0 Å². The summed E-state index contributed by atoms with van der Waals surface area (Å²) < 4.78 is 0. The van der Waals surface area contributed by atoms with Gasteiger partial charge in [-0.3, -0.25) is 9.89 Å². The van der Waals surface area contributed by atoms with Crippen LogP contribution in [0.2, 0.25) is 0 Å². The van der Waals surface area contributed by atoms with Gasteiger partial charge >= 0.3 is 0 Å². The predicted molar refractivity (Wildman–Crippen MR) is 138 cm³/mol. The number of likely N-dealkylation sites (N-methyl/N-ethyl adjacent to an activating group) is 1. The fourth-order valence-electron chi connectivity index (χ4n) is 4.38. The number of nitrogens with zero attached hydrogens (tertiary/aromatic N) is 3. The summed E-state index contributed by atoms with van der Waals surface area (Å²) in [4.78, 5) is 9.52. The van der Waals surface area contributed by atoms with Crippen molar-refractivity contribution in [3.05, 3.63) is 35.9 Å². The highest BCUT2D eigenvalue weighted by Crippen LogP contribution is 2.28. The standard InChI is InChI=1S/C22H37N5S.HI/c1-23-22(25-19-10-11-20(16-19)28-3)24-12-7-13-27-15-14-26(2)17-21(27)18-8-5-4-6-9-18;/h4-6,8-9,19-21H,7,10-17H2,1-3H3,(H2,23,24,25);1H. The number of hydrogen-bond acceptors (Lipinski definition) is 4. The molecule has 2 aliphatic rings. The first-order valence-corrected chi connectivity index (χ1v) is 12.0. The molecule has 164 valence electrons. The van der Waals surface area contributed by atoms with Gasteiger partial charge in [-0.2, -0.15) is 11.8 Å². The van der Waals surface area contributed by atoms with Gasteiger partial charge in [0.1, 0.15) is 0 Å². The number of hydrogen-bond donors (Lipinski definition) is 2. The van der Waals surface area contributed by atoms with Crippen molar-refractivity contribution in [3.8, 4) is 0 Å². The average molecular weight is 532 g/mol. The molecule has 0 radical (unpaired) electrons. The van der Waals surface area contributed by atoms with E-state index in [9.17, 15) is 0 Å². The first-order valence-electron chi connectivity index (χ1n) is 10.7. The molecule has 0 bridgehead atoms. The molecule has 1 aliphatic heterocycles. The first kappa shape index (κ1) is 24.8. The molecule has 1 aromatic rings. The van der Waals surface area contributed by atoms with E-state index in [2.05, 4.69) is 69.1 Å². The van der Waals surface area contributed by atoms with Crippen molar-refractivity contribution in [2.75, 3.05) is 53.1 Å². The fraction of sp³-hybridized carbons (Fsp3) is 0.682. The minimum atomic E-state index is 0. The zero-order valence-corrected chi connectivity index (χ0v) is 21.3. The fourth-order valence-corrected chi connectivity index (χ4v) is 5.17. The monoisotopic (exact) mass is 531 g/mol. The molecule has 3 atom stereocenters. The van der Waals surface area contributed by atoms with Gasteiger partial charge < -0.3 is 15.5 Å². The highest BCUT2D eigenvalue weighted by molar-refractivity contribution is 14.0. The Bertz CT molecular complexity index is 614. The number of rotatable bonds is 7. The van der Waals surface area contributed by atoms with Crippen LogP contribution in [-0.2, 0) is 0 Å². The van der Waals surface area contributed by atoms with Crippen molar-refractivity contribution in [2.24, 2.45) is 4.99 Å². The van der Waals surface area contributed by atoms with Gasteiger partial charge in [-0.1, -0.05) is 30.3 Å². The normalized spacial score (nSPS) is 26.2. The molecule has 2 fully saturated rings. The van der Waals surface area contributed by atoms with Crippen molar-refractivity contribution >= 4 is 41.7 Å². The highest BCUT2D eigenvalue weighted by Gasteiger charge is 2.26. The molecule has 2 N–H and O–H groups in total. The molecular formula is C22H38IN5S. The van der Waals surface area contributed by atoms with E-state index in [1.54, 1.807) is 0 Å². The van der Waals surface area contributed by atoms with Gasteiger partial charge in [0.05, 0.1) is 0 Å². The molecule has 0 amide bonds. The molecule has 1 saturated carbocycles. The molecule has 7 heteroatoms. The number of nitrogens with one attached hydrogen (secondary N) is 2. The summed E-state index contributed by atoms with van der Waals surface area (Å²) in [5, 5.41) is 7.95. The van der Waals surface area contributed by atoms with E-state index >= 15 is 0 Å². The van der Waals surface area contributed by atoms with Crippen molar-refractivity contribution in [2.45, 2.75) is 43.0 Å². The number of piperazine rings is 1. The average Bonchev–Trinajstić information content (AvgIpc) is 3.19. The van der Waals surface area contributed by atoms with Crippen LogP contribution < -0.4 is 10.6 Å². The number of thioether (sulfide) groups is 1. The second-order valence-corrected chi connectivity index (χ2v) is 9.23. The number of halogens is 1. The maximum Gasteiger partial charge on any atom is 0.191 e. The molecular weight excluding hydrogens is 493 g/mol. The van der Waals surface area contributed by atoms with Crippen LogP contribution >= 0.6 is 35.7 Å². The van der Waals surface area contributed by atoms with Crippen molar-refractivity contribution in [1.82, 2.24) is 20.4 Å². The van der Waals surface area contributed by atoms with Crippen LogP contribution in [0.3, 0.4) is 0 Å². The van der Waals surface area contributed by atoms with Crippen LogP contribution in [0.5, 0.6) is 0 Å². The summed E-state index contributed by atoms with van der Waals surface area (Å²) in [5.41, 5.74) is 1.43. The summed E-state index contributed by atoms with van der Waals surface area (Å²) in [7, 11) is 4.11. The lowest BCUT2D eigenvalue weighted by atomic mass is 10.0. The molecule has 1 heterocycles. The summed E-state index contributed by atoms with van der Waals surface area (Å²) in [6.07, 6.45) is 7.18. The number of aliphatic imine (C=N–C) groups is 1. The van der Waals surface area contributed by atoms with Gasteiger partial charge in [0.2, 0.25) is 0 Å². The van der Waals surface area contributed by atoms with Crippen LogP contribution in [0.1, 0.15) is 37.3 Å². The third-order valence-electron chi connectivity index (χ3n) is 6.08. The largest absolute Gasteiger partial charge is 0.356 e. The van der Waals surface area contributed by atoms with Crippen molar-refractivity contribution < 1.29 is 0 Å². The van der Waals surface area contributed by atoms with Gasteiger partial charge in [0.25, 0.3) is 0 Å². The lowest BCUT2D eigenvalue weighted by Gasteiger charge is -2.40. The zero-order chi connectivity index (χ0) is 19.8. The second-order valence-electron chi connectivity index (χ2n) is 8.09. The Balaban J connectivity index is 0.00000300. The predicted octanol–water partition coefficient (Wildman–Crippen LogP) is 3.43. The van der Waals surface area contributed by atoms with Crippen LogP contribution in [0.25, 0.3) is 0 Å². The molecule has 0 spiro atoms. The molecule has 3 unspecified atom stereocenters. The van der Waals surface area contributed by atoms with Crippen LogP contribution in [-0.4, -0.2) is 80.1 Å². The van der Waals surface area contributed by atoms with E-state index < -0.39 is 0 Å². The summed E-state index contributed by atoms with van der Waals surface area (Å²) in [6.45, 7) is 5.49. The summed E-state index contributed by atoms with van der Waals surface area (Å²) >= 11 is 2.00. The van der Waals surface area contributed by atoms with E-state index in [4.69, 9.17) is 0 Å². The molecule has 0 aromatic heterocycles. The first-order chi connectivity index (χ1) is 13.7. The molecule has 3 rings (SSSR count). The quantitative estimate of drug-likeness (QED) is 0.244. The Labute approximate surface area is 198 Å². The zero-order valence-electron chi connectivity index (χ0n) is 18.1. The van der Waals surface area contributed by atoms with E-state index in [0.29, 0.717) is 12.1 Å². The van der Waals surface area contributed by atoms with Crippen LogP contribution in [0.4, 0.5) is 0 Å². The number of guanidine groups is 1. The molecule has 1 aliphatic carbocycles. The maximum atomic E-state index is 4.43. The van der Waals surface area contributed by atoms with E-state index in [0.717, 1.165) is 50.4 Å². The Morgan fingerprint density at radius 1 is 1.21 bits per heavy atom. The third-order valence-corrected chi connectivity index (χ3v) is 7.17. The van der Waals surface area contributed by atoms with Crippen molar-refractivity contribution in [3.63, 3.8) is 0 Å². The Morgan fingerprint density at radius 2 is 2.00 bits per heavy atom. The van der Waals surface area contributed by atoms with Crippen LogP contribution in [0, 0.1) is 0 Å². The molecule has 1 aromatic carbocycles. The lowest BCUT2D eigenvalue weighted by molar-refractivity contribution is 0.0891. The topological polar surface area (TPSA) is 42.9 Å².